The zero-order valence-electron chi connectivity index (χ0n) is 8.30. The predicted octanol–water partition coefficient (Wildman–Crippen LogP) is -0.379. The van der Waals surface area contributed by atoms with Crippen LogP contribution in [0.1, 0.15) is 6.42 Å². The van der Waals surface area contributed by atoms with Crippen molar-refractivity contribution in [1.82, 2.24) is 9.13 Å². The number of aromatic nitrogens is 2. The molecule has 80 valence electrons. The predicted molar refractivity (Wildman–Crippen MR) is 54.0 cm³/mol. The van der Waals surface area contributed by atoms with E-state index in [-0.39, 0.29) is 11.4 Å². The van der Waals surface area contributed by atoms with E-state index in [4.69, 9.17) is 0 Å². The van der Waals surface area contributed by atoms with Gasteiger partial charge in [-0.3, -0.25) is 4.57 Å². The van der Waals surface area contributed by atoms with Gasteiger partial charge in [-0.25, -0.2) is 13.2 Å². The van der Waals surface area contributed by atoms with Crippen LogP contribution >= 0.6 is 0 Å². The molecule has 0 N–H and O–H groups in total. The molecule has 0 spiro atoms. The summed E-state index contributed by atoms with van der Waals surface area (Å²) in [5.41, 5.74) is -0.112. The van der Waals surface area contributed by atoms with Crippen LogP contribution in [0.5, 0.6) is 0 Å². The molecule has 0 radical (unpaired) electrons. The highest BCUT2D eigenvalue weighted by atomic mass is 32.2. The molecule has 1 aromatic heterocycles. The average molecular weight is 218 g/mol. The Labute approximate surface area is 82.9 Å². The third kappa shape index (κ3) is 3.02. The smallest absolute Gasteiger partial charge is 0.302 e. The molecule has 0 aromatic carbocycles. The van der Waals surface area contributed by atoms with E-state index in [1.54, 1.807) is 19.4 Å². The van der Waals surface area contributed by atoms with Gasteiger partial charge in [0.15, 0.2) is 0 Å². The summed E-state index contributed by atoms with van der Waals surface area (Å²) in [5, 5.41) is 0. The second kappa shape index (κ2) is 4.00. The van der Waals surface area contributed by atoms with Gasteiger partial charge in [0, 0.05) is 32.2 Å². The van der Waals surface area contributed by atoms with Gasteiger partial charge < -0.3 is 4.57 Å². The van der Waals surface area contributed by atoms with Crippen molar-refractivity contribution in [1.29, 1.82) is 0 Å². The molecule has 0 aliphatic rings. The standard InChI is InChI=1S/C8H14N2O3S/c1-9-5-6-10(8(9)11)4-3-7-14(2,12)13/h5-6H,3-4,7H2,1-2H3. The number of sulfone groups is 1. The van der Waals surface area contributed by atoms with Crippen LogP contribution in [-0.4, -0.2) is 29.6 Å². The Morgan fingerprint density at radius 3 is 2.43 bits per heavy atom. The molecular formula is C8H14N2O3S. The fraction of sp³-hybridized carbons (Fsp3) is 0.625. The summed E-state index contributed by atoms with van der Waals surface area (Å²) in [6.45, 7) is 0.451. The molecule has 0 unspecified atom stereocenters. The van der Waals surface area contributed by atoms with Gasteiger partial charge in [0.1, 0.15) is 9.84 Å². The number of hydrogen-bond donors (Lipinski definition) is 0. The van der Waals surface area contributed by atoms with Crippen molar-refractivity contribution in [3.8, 4) is 0 Å². The quantitative estimate of drug-likeness (QED) is 0.692. The zero-order valence-corrected chi connectivity index (χ0v) is 9.12. The average Bonchev–Trinajstić information content (AvgIpc) is 2.33. The highest BCUT2D eigenvalue weighted by molar-refractivity contribution is 7.90. The minimum Gasteiger partial charge on any atom is -0.302 e. The largest absolute Gasteiger partial charge is 0.327 e. The Hall–Kier alpha value is -1.04. The molecule has 0 aliphatic heterocycles. The topological polar surface area (TPSA) is 61.1 Å². The van der Waals surface area contributed by atoms with Gasteiger partial charge in [-0.05, 0) is 6.42 Å². The Bertz CT molecular complexity index is 455. The van der Waals surface area contributed by atoms with Crippen molar-refractivity contribution in [2.75, 3.05) is 12.0 Å². The first-order chi connectivity index (χ1) is 6.40. The van der Waals surface area contributed by atoms with Crippen molar-refractivity contribution >= 4 is 9.84 Å². The highest BCUT2D eigenvalue weighted by Crippen LogP contribution is 1.92. The fourth-order valence-corrected chi connectivity index (χ4v) is 1.83. The van der Waals surface area contributed by atoms with E-state index in [0.717, 1.165) is 0 Å². The molecular weight excluding hydrogens is 204 g/mol. The molecule has 0 saturated carbocycles. The van der Waals surface area contributed by atoms with Crippen LogP contribution in [0.25, 0.3) is 0 Å². The van der Waals surface area contributed by atoms with Crippen LogP contribution in [0.3, 0.4) is 0 Å². The maximum Gasteiger partial charge on any atom is 0.327 e. The normalized spacial score (nSPS) is 11.9. The van der Waals surface area contributed by atoms with Gasteiger partial charge >= 0.3 is 5.69 Å². The maximum absolute atomic E-state index is 11.3. The molecule has 0 saturated heterocycles. The summed E-state index contributed by atoms with van der Waals surface area (Å²) in [6, 6.07) is 0. The number of hydrogen-bond acceptors (Lipinski definition) is 3. The van der Waals surface area contributed by atoms with Crippen LogP contribution in [0.4, 0.5) is 0 Å². The van der Waals surface area contributed by atoms with Crippen molar-refractivity contribution in [2.24, 2.45) is 7.05 Å². The second-order valence-electron chi connectivity index (χ2n) is 3.37. The summed E-state index contributed by atoms with van der Waals surface area (Å²) in [7, 11) is -1.26. The monoisotopic (exact) mass is 218 g/mol. The minimum atomic E-state index is -2.92. The fourth-order valence-electron chi connectivity index (χ4n) is 1.18. The number of nitrogens with zero attached hydrogens (tertiary/aromatic N) is 2. The Balaban J connectivity index is 2.55. The number of rotatable bonds is 4. The number of imidazole rings is 1. The Morgan fingerprint density at radius 1 is 1.36 bits per heavy atom. The van der Waals surface area contributed by atoms with E-state index >= 15 is 0 Å². The van der Waals surface area contributed by atoms with Gasteiger partial charge in [-0.1, -0.05) is 0 Å². The summed E-state index contributed by atoms with van der Waals surface area (Å²) in [4.78, 5) is 11.3. The molecule has 0 fully saturated rings. The van der Waals surface area contributed by atoms with Crippen molar-refractivity contribution in [3.63, 3.8) is 0 Å². The highest BCUT2D eigenvalue weighted by Gasteiger charge is 2.03. The van der Waals surface area contributed by atoms with Crippen LogP contribution in [0.2, 0.25) is 0 Å². The van der Waals surface area contributed by atoms with Crippen LogP contribution < -0.4 is 5.69 Å². The molecule has 1 rings (SSSR count). The van der Waals surface area contributed by atoms with Gasteiger partial charge in [-0.15, -0.1) is 0 Å². The summed E-state index contributed by atoms with van der Waals surface area (Å²) >= 11 is 0. The lowest BCUT2D eigenvalue weighted by Crippen LogP contribution is -2.22. The van der Waals surface area contributed by atoms with E-state index < -0.39 is 9.84 Å². The molecule has 0 aliphatic carbocycles. The van der Waals surface area contributed by atoms with Gasteiger partial charge in [0.05, 0.1) is 5.75 Å². The third-order valence-corrected chi connectivity index (χ3v) is 2.96. The molecule has 5 nitrogen and oxygen atoms in total. The summed E-state index contributed by atoms with van der Waals surface area (Å²) < 4.78 is 24.6. The first-order valence-electron chi connectivity index (χ1n) is 4.29. The molecule has 14 heavy (non-hydrogen) atoms. The van der Waals surface area contributed by atoms with Gasteiger partial charge in [0.2, 0.25) is 0 Å². The maximum atomic E-state index is 11.3. The Kier molecular flexibility index (Phi) is 3.15. The lowest BCUT2D eigenvalue weighted by molar-refractivity contribution is 0.587. The van der Waals surface area contributed by atoms with E-state index in [2.05, 4.69) is 0 Å². The van der Waals surface area contributed by atoms with E-state index in [9.17, 15) is 13.2 Å². The first kappa shape index (κ1) is 11.0. The summed E-state index contributed by atoms with van der Waals surface area (Å²) in [5.74, 6) is 0.119. The van der Waals surface area contributed by atoms with Crippen LogP contribution in [0, 0.1) is 0 Å². The molecule has 1 aromatic rings. The van der Waals surface area contributed by atoms with E-state index in [0.29, 0.717) is 13.0 Å². The first-order valence-corrected chi connectivity index (χ1v) is 6.36. The van der Waals surface area contributed by atoms with Crippen molar-refractivity contribution in [2.45, 2.75) is 13.0 Å². The SMILES string of the molecule is Cn1ccn(CCCS(C)(=O)=O)c1=O. The lowest BCUT2D eigenvalue weighted by atomic mass is 10.5. The second-order valence-corrected chi connectivity index (χ2v) is 5.63. The molecule has 0 bridgehead atoms. The summed E-state index contributed by atoms with van der Waals surface area (Å²) in [6.07, 6.45) is 4.98. The van der Waals surface area contributed by atoms with Crippen molar-refractivity contribution < 1.29 is 8.42 Å². The van der Waals surface area contributed by atoms with Crippen molar-refractivity contribution in [3.05, 3.63) is 22.9 Å². The Morgan fingerprint density at radius 2 is 2.00 bits per heavy atom. The van der Waals surface area contributed by atoms with Crippen LogP contribution in [-0.2, 0) is 23.4 Å². The molecule has 0 amide bonds. The zero-order chi connectivity index (χ0) is 10.8. The van der Waals surface area contributed by atoms with Crippen LogP contribution in [0.15, 0.2) is 17.2 Å². The van der Waals surface area contributed by atoms with E-state index in [1.165, 1.54) is 15.4 Å². The number of aryl methyl sites for hydroxylation is 2. The van der Waals surface area contributed by atoms with Gasteiger partial charge in [0.25, 0.3) is 0 Å². The molecule has 6 heteroatoms. The lowest BCUT2D eigenvalue weighted by Gasteiger charge is -1.99. The minimum absolute atomic E-state index is 0.112. The molecule has 1 heterocycles. The van der Waals surface area contributed by atoms with E-state index in [1.807, 2.05) is 0 Å². The van der Waals surface area contributed by atoms with Gasteiger partial charge in [-0.2, -0.15) is 0 Å². The third-order valence-electron chi connectivity index (χ3n) is 1.93. The molecule has 0 atom stereocenters.